The van der Waals surface area contributed by atoms with Gasteiger partial charge in [0.1, 0.15) is 82.8 Å². The molecule has 3 fully saturated rings. The number of ether oxygens (including phenoxy) is 7. The summed E-state index contributed by atoms with van der Waals surface area (Å²) in [6.45, 7) is -1.45. The molecule has 4 heterocycles. The summed E-state index contributed by atoms with van der Waals surface area (Å²) < 4.78 is 44.1. The maximum absolute atomic E-state index is 13.3. The molecule has 0 aliphatic carbocycles. The lowest BCUT2D eigenvalue weighted by atomic mass is 10.0. The molecule has 4 aromatic rings. The second-order valence-electron chi connectivity index (χ2n) is 13.7. The normalized spacial score (nSPS) is 31.3. The Hall–Kier alpha value is -5.14. The summed E-state index contributed by atoms with van der Waals surface area (Å²) in [4.78, 5) is 26.2. The average Bonchev–Trinajstić information content (AvgIpc) is 3.45. The summed E-state index contributed by atoms with van der Waals surface area (Å²) in [7, 11) is 0. The lowest BCUT2D eigenvalue weighted by molar-refractivity contribution is -0.305. The Bertz CT molecular complexity index is 2170. The van der Waals surface area contributed by atoms with E-state index in [1.54, 1.807) is 0 Å². The van der Waals surface area contributed by atoms with Crippen LogP contribution >= 0.6 is 0 Å². The summed E-state index contributed by atoms with van der Waals surface area (Å²) in [5.41, 5.74) is -0.814. The first-order valence-electron chi connectivity index (χ1n) is 17.6. The van der Waals surface area contributed by atoms with E-state index < -0.39 is 127 Å². The third kappa shape index (κ3) is 8.24. The molecule has 3 aromatic carbocycles. The molecule has 21 heteroatoms. The first-order valence-corrected chi connectivity index (χ1v) is 17.6. The number of phenolic OH excluding ortho intramolecular Hbond substituents is 4. The maximum atomic E-state index is 13.3. The van der Waals surface area contributed by atoms with E-state index in [-0.39, 0.29) is 34.8 Å². The van der Waals surface area contributed by atoms with E-state index in [0.29, 0.717) is 5.56 Å². The number of esters is 1. The van der Waals surface area contributed by atoms with Gasteiger partial charge in [0.15, 0.2) is 35.6 Å². The van der Waals surface area contributed by atoms with E-state index in [4.69, 9.17) is 37.6 Å². The Kier molecular flexibility index (Phi) is 11.8. The Morgan fingerprint density at radius 1 is 0.724 bits per heavy atom. The van der Waals surface area contributed by atoms with Gasteiger partial charge in [-0.15, -0.1) is 0 Å². The molecule has 12 atom stereocenters. The van der Waals surface area contributed by atoms with Gasteiger partial charge in [0, 0.05) is 23.8 Å². The van der Waals surface area contributed by atoms with Gasteiger partial charge in [-0.1, -0.05) is 0 Å². The number of hydrogen-bond acceptors (Lipinski definition) is 21. The third-order valence-electron chi connectivity index (χ3n) is 9.60. The number of rotatable bonds is 10. The molecule has 0 saturated carbocycles. The van der Waals surface area contributed by atoms with E-state index >= 15 is 0 Å². The van der Waals surface area contributed by atoms with E-state index in [1.165, 1.54) is 24.3 Å². The predicted octanol–water partition coefficient (Wildman–Crippen LogP) is -1.75. The molecular weight excluding hydrogens is 780 g/mol. The van der Waals surface area contributed by atoms with Crippen LogP contribution in [0.4, 0.5) is 0 Å². The molecule has 3 saturated heterocycles. The van der Waals surface area contributed by atoms with Crippen molar-refractivity contribution in [2.75, 3.05) is 19.8 Å². The van der Waals surface area contributed by atoms with E-state index in [0.717, 1.165) is 30.3 Å². The van der Waals surface area contributed by atoms with Crippen molar-refractivity contribution in [2.24, 2.45) is 0 Å². The number of carbonyl (C=O) groups is 1. The Morgan fingerprint density at radius 2 is 1.40 bits per heavy atom. The summed E-state index contributed by atoms with van der Waals surface area (Å²) >= 11 is 0. The molecule has 12 unspecified atom stereocenters. The third-order valence-corrected chi connectivity index (χ3v) is 9.60. The van der Waals surface area contributed by atoms with Crippen LogP contribution in [-0.4, -0.2) is 156 Å². The van der Waals surface area contributed by atoms with Crippen LogP contribution in [-0.2, 0) is 23.7 Å². The van der Waals surface area contributed by atoms with Crippen molar-refractivity contribution >= 4 is 16.9 Å². The van der Waals surface area contributed by atoms with Gasteiger partial charge in [0.25, 0.3) is 0 Å². The predicted molar refractivity (Wildman–Crippen MR) is 188 cm³/mol. The first-order chi connectivity index (χ1) is 27.6. The van der Waals surface area contributed by atoms with Gasteiger partial charge in [-0.05, 0) is 36.4 Å². The van der Waals surface area contributed by atoms with Crippen LogP contribution in [0.2, 0.25) is 0 Å². The van der Waals surface area contributed by atoms with Crippen LogP contribution in [0.25, 0.3) is 22.3 Å². The molecule has 0 radical (unpaired) electrons. The quantitative estimate of drug-likeness (QED) is 0.0480. The van der Waals surface area contributed by atoms with Gasteiger partial charge >= 0.3 is 5.97 Å². The second kappa shape index (κ2) is 16.6. The van der Waals surface area contributed by atoms with Crippen LogP contribution in [0, 0.1) is 0 Å². The molecule has 3 aliphatic rings. The molecule has 21 nitrogen and oxygen atoms in total. The fourth-order valence-electron chi connectivity index (χ4n) is 6.41. The smallest absolute Gasteiger partial charge is 0.343 e. The molecule has 1 aromatic heterocycles. The molecule has 0 spiro atoms. The van der Waals surface area contributed by atoms with Crippen molar-refractivity contribution < 1.29 is 98.5 Å². The van der Waals surface area contributed by atoms with Crippen molar-refractivity contribution in [3.8, 4) is 45.8 Å². The molecule has 11 N–H and O–H groups in total. The lowest BCUT2D eigenvalue weighted by Crippen LogP contribution is -2.57. The zero-order chi connectivity index (χ0) is 41.6. The van der Waals surface area contributed by atoms with Crippen molar-refractivity contribution in [2.45, 2.75) is 73.8 Å². The minimum Gasteiger partial charge on any atom is -0.508 e. The Morgan fingerprint density at radius 3 is 2.12 bits per heavy atom. The van der Waals surface area contributed by atoms with Crippen molar-refractivity contribution in [3.05, 3.63) is 70.4 Å². The molecule has 58 heavy (non-hydrogen) atoms. The monoisotopic (exact) mass is 818 g/mol. The second-order valence-corrected chi connectivity index (χ2v) is 13.7. The highest BCUT2D eigenvalue weighted by Gasteiger charge is 2.50. The first kappa shape index (κ1) is 41.0. The van der Waals surface area contributed by atoms with Crippen LogP contribution in [0.15, 0.2) is 63.8 Å². The van der Waals surface area contributed by atoms with Crippen molar-refractivity contribution in [1.82, 2.24) is 0 Å². The number of aromatic hydroxyl groups is 4. The fourth-order valence-corrected chi connectivity index (χ4v) is 6.41. The van der Waals surface area contributed by atoms with Crippen molar-refractivity contribution in [1.29, 1.82) is 0 Å². The van der Waals surface area contributed by atoms with Gasteiger partial charge in [0.05, 0.1) is 25.4 Å². The molecular formula is C37H38O21. The summed E-state index contributed by atoms with van der Waals surface area (Å²) in [6.07, 6.45) is -19.5. The molecule has 312 valence electrons. The van der Waals surface area contributed by atoms with Gasteiger partial charge in [-0.3, -0.25) is 4.79 Å². The zero-order valence-electron chi connectivity index (χ0n) is 29.7. The largest absolute Gasteiger partial charge is 0.508 e. The number of carbonyl (C=O) groups excluding carboxylic acids is 1. The van der Waals surface area contributed by atoms with Crippen LogP contribution in [0.1, 0.15) is 10.4 Å². The van der Waals surface area contributed by atoms with Gasteiger partial charge in [0.2, 0.25) is 12.0 Å². The van der Waals surface area contributed by atoms with Crippen LogP contribution in [0.5, 0.6) is 34.5 Å². The summed E-state index contributed by atoms with van der Waals surface area (Å²) in [5, 5.41) is 113. The highest BCUT2D eigenvalue weighted by molar-refractivity contribution is 5.94. The van der Waals surface area contributed by atoms with Gasteiger partial charge in [-0.25, -0.2) is 4.79 Å². The topological polar surface area (TPSA) is 334 Å². The van der Waals surface area contributed by atoms with Crippen LogP contribution in [0.3, 0.4) is 0 Å². The minimum absolute atomic E-state index is 0.0281. The fraction of sp³-hybridized carbons (Fsp3) is 0.405. The standard InChI is InChI=1S/C37H38O21/c38-15-3-1-13(2-4-15)22-9-18(40)26-17(39)7-16(8-23(26)55-22)54-34(50)14-5-19(41)27(44)24(6-14)56-37-33(29(46)21(43)11-52-37)58-36-32(49)30(47)25(57-36)12-53-35-31(48)28(45)20(42)10-51-35/h1-9,20-21,25,28-33,35-39,41-49H,10-12H2. The molecule has 3 aliphatic heterocycles. The molecule has 0 bridgehead atoms. The SMILES string of the molecule is O=C(Oc1cc(O)c2c(=O)cc(-c3ccc(O)cc3)oc2c1)c1cc(O)c(O)c(OC2OCC(O)C(O)C2OC2OC(COC3OCC(O)C(O)C3O)C(O)C2O)c1. The van der Waals surface area contributed by atoms with Gasteiger partial charge < -0.3 is 93.7 Å². The number of phenols is 4. The van der Waals surface area contributed by atoms with Gasteiger partial charge in [-0.2, -0.15) is 0 Å². The Balaban J connectivity index is 1.06. The summed E-state index contributed by atoms with van der Waals surface area (Å²) in [5.74, 6) is -4.46. The van der Waals surface area contributed by atoms with E-state index in [2.05, 4.69) is 0 Å². The zero-order valence-corrected chi connectivity index (χ0v) is 29.7. The average molecular weight is 819 g/mol. The summed E-state index contributed by atoms with van der Waals surface area (Å²) in [6, 6.07) is 10.7. The van der Waals surface area contributed by atoms with Crippen molar-refractivity contribution in [3.63, 3.8) is 0 Å². The number of aliphatic hydroxyl groups is 7. The number of benzene rings is 3. The minimum atomic E-state index is -1.81. The van der Waals surface area contributed by atoms with E-state index in [1.807, 2.05) is 0 Å². The number of fused-ring (bicyclic) bond motifs is 1. The maximum Gasteiger partial charge on any atom is 0.343 e. The highest BCUT2D eigenvalue weighted by Crippen LogP contribution is 2.40. The number of hydrogen-bond donors (Lipinski definition) is 11. The van der Waals surface area contributed by atoms with Crippen LogP contribution < -0.4 is 14.9 Å². The number of aliphatic hydroxyl groups excluding tert-OH is 7. The molecule has 0 amide bonds. The Labute approximate surface area is 325 Å². The van der Waals surface area contributed by atoms with E-state index in [9.17, 15) is 65.8 Å². The lowest BCUT2D eigenvalue weighted by Gasteiger charge is -2.39. The molecule has 7 rings (SSSR count). The highest BCUT2D eigenvalue weighted by atomic mass is 16.8.